The number of likely N-dealkylation sites (N-methyl/N-ethyl adjacent to an activating group) is 1. The first-order valence-corrected chi connectivity index (χ1v) is 7.75. The molecule has 0 fully saturated rings. The molecule has 0 unspecified atom stereocenters. The number of ether oxygens (including phenoxy) is 1. The van der Waals surface area contributed by atoms with Crippen LogP contribution in [0, 0.1) is 0 Å². The highest BCUT2D eigenvalue weighted by atomic mass is 16.6. The van der Waals surface area contributed by atoms with Crippen LogP contribution < -0.4 is 10.6 Å². The molecular formula is C16H27N3O3. The van der Waals surface area contributed by atoms with Crippen molar-refractivity contribution in [2.24, 2.45) is 0 Å². The van der Waals surface area contributed by atoms with E-state index in [0.29, 0.717) is 26.2 Å². The number of hydrogen-bond acceptors (Lipinski definition) is 5. The molecule has 0 bridgehead atoms. The fraction of sp³-hybridized carbons (Fsp3) is 0.562. The van der Waals surface area contributed by atoms with Crippen LogP contribution >= 0.6 is 0 Å². The van der Waals surface area contributed by atoms with Crippen molar-refractivity contribution < 1.29 is 14.6 Å². The van der Waals surface area contributed by atoms with Crippen molar-refractivity contribution in [2.45, 2.75) is 13.5 Å². The van der Waals surface area contributed by atoms with Gasteiger partial charge in [0.25, 0.3) is 0 Å². The van der Waals surface area contributed by atoms with Crippen molar-refractivity contribution >= 4 is 6.09 Å². The average Bonchev–Trinajstić information content (AvgIpc) is 2.56. The van der Waals surface area contributed by atoms with E-state index in [2.05, 4.69) is 10.6 Å². The van der Waals surface area contributed by atoms with Gasteiger partial charge in [-0.2, -0.15) is 0 Å². The molecule has 0 radical (unpaired) electrons. The van der Waals surface area contributed by atoms with Crippen LogP contribution in [0.4, 0.5) is 4.79 Å². The maximum absolute atomic E-state index is 12.0. The van der Waals surface area contributed by atoms with Crippen LogP contribution in [0.1, 0.15) is 12.5 Å². The summed E-state index contributed by atoms with van der Waals surface area (Å²) in [7, 11) is 0. The zero-order valence-electron chi connectivity index (χ0n) is 13.3. The van der Waals surface area contributed by atoms with Gasteiger partial charge in [0.15, 0.2) is 0 Å². The van der Waals surface area contributed by atoms with Crippen LogP contribution in [-0.2, 0) is 11.3 Å². The quantitative estimate of drug-likeness (QED) is 0.528. The second kappa shape index (κ2) is 12.0. The summed E-state index contributed by atoms with van der Waals surface area (Å²) in [6.07, 6.45) is -0.286. The monoisotopic (exact) mass is 309 g/mol. The Morgan fingerprint density at radius 2 is 1.82 bits per heavy atom. The van der Waals surface area contributed by atoms with Crippen molar-refractivity contribution in [3.05, 3.63) is 35.9 Å². The molecule has 6 nitrogen and oxygen atoms in total. The Hall–Kier alpha value is -1.63. The second-order valence-electron chi connectivity index (χ2n) is 4.84. The Labute approximate surface area is 132 Å². The zero-order chi connectivity index (χ0) is 16.0. The van der Waals surface area contributed by atoms with Gasteiger partial charge < -0.3 is 25.4 Å². The number of aliphatic hydroxyl groups excluding tert-OH is 1. The largest absolute Gasteiger partial charge is 0.445 e. The Morgan fingerprint density at radius 3 is 2.45 bits per heavy atom. The minimum Gasteiger partial charge on any atom is -0.445 e. The summed E-state index contributed by atoms with van der Waals surface area (Å²) in [6, 6.07) is 9.66. The molecule has 124 valence electrons. The molecule has 1 amide bonds. The Balaban J connectivity index is 2.15. The maximum Gasteiger partial charge on any atom is 0.410 e. The van der Waals surface area contributed by atoms with Gasteiger partial charge in [-0.05, 0) is 12.5 Å². The molecule has 1 rings (SSSR count). The standard InChI is InChI=1S/C16H27N3O3/c1-2-19(12-10-17-8-9-18-11-13-20)16(21)22-14-15-6-4-3-5-7-15/h3-7,17-18,20H,2,8-14H2,1H3. The first-order valence-electron chi connectivity index (χ1n) is 7.75. The van der Waals surface area contributed by atoms with E-state index in [9.17, 15) is 4.79 Å². The number of hydrogen-bond donors (Lipinski definition) is 3. The van der Waals surface area contributed by atoms with Crippen molar-refractivity contribution in [3.63, 3.8) is 0 Å². The SMILES string of the molecule is CCN(CCNCCNCCO)C(=O)OCc1ccccc1. The predicted molar refractivity (Wildman–Crippen MR) is 86.7 cm³/mol. The lowest BCUT2D eigenvalue weighted by atomic mass is 10.2. The van der Waals surface area contributed by atoms with Gasteiger partial charge in [0, 0.05) is 39.3 Å². The molecule has 0 spiro atoms. The average molecular weight is 309 g/mol. The predicted octanol–water partition coefficient (Wildman–Crippen LogP) is 0.817. The Morgan fingerprint density at radius 1 is 1.14 bits per heavy atom. The molecule has 6 heteroatoms. The third-order valence-corrected chi connectivity index (χ3v) is 3.17. The van der Waals surface area contributed by atoms with Gasteiger partial charge in [0.1, 0.15) is 6.61 Å². The first-order chi connectivity index (χ1) is 10.8. The third kappa shape index (κ3) is 7.97. The molecule has 0 aliphatic carbocycles. The van der Waals surface area contributed by atoms with Crippen LogP contribution in [0.5, 0.6) is 0 Å². The normalized spacial score (nSPS) is 10.5. The second-order valence-corrected chi connectivity index (χ2v) is 4.84. The van der Waals surface area contributed by atoms with Crippen LogP contribution in [0.3, 0.4) is 0 Å². The highest BCUT2D eigenvalue weighted by Crippen LogP contribution is 2.03. The van der Waals surface area contributed by atoms with E-state index in [0.717, 1.165) is 25.2 Å². The van der Waals surface area contributed by atoms with Gasteiger partial charge >= 0.3 is 6.09 Å². The van der Waals surface area contributed by atoms with Crippen LogP contribution in [0.15, 0.2) is 30.3 Å². The number of carbonyl (C=O) groups excluding carboxylic acids is 1. The van der Waals surface area contributed by atoms with E-state index in [1.54, 1.807) is 4.90 Å². The van der Waals surface area contributed by atoms with E-state index in [1.165, 1.54) is 0 Å². The molecule has 3 N–H and O–H groups in total. The number of rotatable bonds is 11. The van der Waals surface area contributed by atoms with Crippen LogP contribution in [0.2, 0.25) is 0 Å². The van der Waals surface area contributed by atoms with Crippen molar-refractivity contribution in [3.8, 4) is 0 Å². The highest BCUT2D eigenvalue weighted by Gasteiger charge is 2.12. The van der Waals surface area contributed by atoms with E-state index >= 15 is 0 Å². The summed E-state index contributed by atoms with van der Waals surface area (Å²) >= 11 is 0. The number of amides is 1. The van der Waals surface area contributed by atoms with Gasteiger partial charge in [-0.15, -0.1) is 0 Å². The van der Waals surface area contributed by atoms with Crippen LogP contribution in [0.25, 0.3) is 0 Å². The van der Waals surface area contributed by atoms with Gasteiger partial charge in [-0.25, -0.2) is 4.79 Å². The lowest BCUT2D eigenvalue weighted by molar-refractivity contribution is 0.0983. The Bertz CT molecular complexity index is 401. The minimum absolute atomic E-state index is 0.150. The Kier molecular flexibility index (Phi) is 10.0. The first kappa shape index (κ1) is 18.4. The van der Waals surface area contributed by atoms with Crippen LogP contribution in [-0.4, -0.2) is 62.0 Å². The maximum atomic E-state index is 12.0. The van der Waals surface area contributed by atoms with Gasteiger partial charge in [0.2, 0.25) is 0 Å². The molecule has 1 aromatic rings. The van der Waals surface area contributed by atoms with E-state index in [4.69, 9.17) is 9.84 Å². The number of benzene rings is 1. The molecule has 0 aromatic heterocycles. The van der Waals surface area contributed by atoms with E-state index in [1.807, 2.05) is 37.3 Å². The zero-order valence-corrected chi connectivity index (χ0v) is 13.3. The molecule has 0 heterocycles. The summed E-state index contributed by atoms with van der Waals surface area (Å²) in [5, 5.41) is 15.0. The third-order valence-electron chi connectivity index (χ3n) is 3.17. The molecule has 0 saturated heterocycles. The molecule has 0 aliphatic rings. The summed E-state index contributed by atoms with van der Waals surface area (Å²) in [5.41, 5.74) is 0.986. The summed E-state index contributed by atoms with van der Waals surface area (Å²) in [5.74, 6) is 0. The van der Waals surface area contributed by atoms with Crippen molar-refractivity contribution in [1.29, 1.82) is 0 Å². The van der Waals surface area contributed by atoms with Gasteiger partial charge in [-0.3, -0.25) is 0 Å². The molecule has 0 saturated carbocycles. The summed E-state index contributed by atoms with van der Waals surface area (Å²) in [6.45, 7) is 6.55. The molecule has 1 aromatic carbocycles. The molecule has 0 atom stereocenters. The number of nitrogens with one attached hydrogen (secondary N) is 2. The fourth-order valence-electron chi connectivity index (χ4n) is 1.91. The molecule has 0 aliphatic heterocycles. The topological polar surface area (TPSA) is 73.8 Å². The number of aliphatic hydroxyl groups is 1. The van der Waals surface area contributed by atoms with Crippen molar-refractivity contribution in [2.75, 3.05) is 45.9 Å². The fourth-order valence-corrected chi connectivity index (χ4v) is 1.91. The van der Waals surface area contributed by atoms with E-state index < -0.39 is 0 Å². The van der Waals surface area contributed by atoms with Crippen molar-refractivity contribution in [1.82, 2.24) is 15.5 Å². The number of nitrogens with zero attached hydrogens (tertiary/aromatic N) is 1. The number of carbonyl (C=O) groups is 1. The van der Waals surface area contributed by atoms with Gasteiger partial charge in [-0.1, -0.05) is 30.3 Å². The summed E-state index contributed by atoms with van der Waals surface area (Å²) in [4.78, 5) is 13.7. The van der Waals surface area contributed by atoms with Gasteiger partial charge in [0.05, 0.1) is 6.61 Å². The minimum atomic E-state index is -0.286. The van der Waals surface area contributed by atoms with E-state index in [-0.39, 0.29) is 12.7 Å². The lowest BCUT2D eigenvalue weighted by Gasteiger charge is -2.20. The highest BCUT2D eigenvalue weighted by molar-refractivity contribution is 5.67. The molecule has 22 heavy (non-hydrogen) atoms. The smallest absolute Gasteiger partial charge is 0.410 e. The lowest BCUT2D eigenvalue weighted by Crippen LogP contribution is -2.38. The summed E-state index contributed by atoms with van der Waals surface area (Å²) < 4.78 is 5.31. The molecular weight excluding hydrogens is 282 g/mol.